The van der Waals surface area contributed by atoms with E-state index in [0.29, 0.717) is 31.5 Å². The van der Waals surface area contributed by atoms with Gasteiger partial charge >= 0.3 is 0 Å². The molecular weight excluding hydrogens is 298 g/mol. The zero-order valence-corrected chi connectivity index (χ0v) is 12.8. The summed E-state index contributed by atoms with van der Waals surface area (Å²) < 4.78 is 51.6. The lowest BCUT2D eigenvalue weighted by molar-refractivity contribution is 0.288. The summed E-state index contributed by atoms with van der Waals surface area (Å²) in [6, 6.07) is 4.23. The molecule has 0 spiro atoms. The predicted molar refractivity (Wildman–Crippen MR) is 77.3 cm³/mol. The molecule has 1 heterocycles. The van der Waals surface area contributed by atoms with Gasteiger partial charge in [-0.1, -0.05) is 12.1 Å². The molecule has 4 nitrogen and oxygen atoms in total. The number of benzene rings is 1. The standard InChI is InChI=1S/C14H20F2N2O2S/c1-2-21(19,20)18-8-6-12(7-9-18)17-10-11-4-3-5-13(15)14(11)16/h3-5,12,17H,2,6-10H2,1H3. The molecule has 1 aromatic carbocycles. The highest BCUT2D eigenvalue weighted by atomic mass is 32.2. The normalized spacial score (nSPS) is 18.0. The first-order valence-electron chi connectivity index (χ1n) is 7.08. The van der Waals surface area contributed by atoms with E-state index in [1.807, 2.05) is 0 Å². The van der Waals surface area contributed by atoms with Gasteiger partial charge in [0.05, 0.1) is 5.75 Å². The van der Waals surface area contributed by atoms with Crippen molar-refractivity contribution < 1.29 is 17.2 Å². The molecule has 1 N–H and O–H groups in total. The fraction of sp³-hybridized carbons (Fsp3) is 0.571. The Labute approximate surface area is 124 Å². The Hall–Kier alpha value is -1.05. The first-order valence-corrected chi connectivity index (χ1v) is 8.69. The zero-order chi connectivity index (χ0) is 15.5. The largest absolute Gasteiger partial charge is 0.310 e. The number of rotatable bonds is 5. The van der Waals surface area contributed by atoms with Crippen LogP contribution in [0, 0.1) is 11.6 Å². The topological polar surface area (TPSA) is 49.4 Å². The first kappa shape index (κ1) is 16.3. The van der Waals surface area contributed by atoms with Crippen LogP contribution < -0.4 is 5.32 Å². The van der Waals surface area contributed by atoms with E-state index in [9.17, 15) is 17.2 Å². The van der Waals surface area contributed by atoms with Gasteiger partial charge in [0, 0.05) is 31.2 Å². The van der Waals surface area contributed by atoms with Gasteiger partial charge in [-0.05, 0) is 25.8 Å². The number of sulfonamides is 1. The summed E-state index contributed by atoms with van der Waals surface area (Å²) in [6.07, 6.45) is 1.35. The SMILES string of the molecule is CCS(=O)(=O)N1CCC(NCc2cccc(F)c2F)CC1. The number of halogens is 2. The second-order valence-corrected chi connectivity index (χ2v) is 7.43. The molecule has 7 heteroatoms. The van der Waals surface area contributed by atoms with Crippen molar-refractivity contribution in [1.82, 2.24) is 9.62 Å². The van der Waals surface area contributed by atoms with E-state index in [4.69, 9.17) is 0 Å². The summed E-state index contributed by atoms with van der Waals surface area (Å²) in [7, 11) is -3.13. The summed E-state index contributed by atoms with van der Waals surface area (Å²) >= 11 is 0. The smallest absolute Gasteiger partial charge is 0.213 e. The minimum absolute atomic E-state index is 0.111. The molecule has 1 aromatic rings. The van der Waals surface area contributed by atoms with Crippen molar-refractivity contribution >= 4 is 10.0 Å². The summed E-state index contributed by atoms with van der Waals surface area (Å²) in [5.41, 5.74) is 0.290. The van der Waals surface area contributed by atoms with E-state index in [1.54, 1.807) is 13.0 Å². The van der Waals surface area contributed by atoms with Gasteiger partial charge < -0.3 is 5.32 Å². The quantitative estimate of drug-likeness (QED) is 0.902. The molecule has 1 aliphatic heterocycles. The zero-order valence-electron chi connectivity index (χ0n) is 12.0. The number of piperidine rings is 1. The number of hydrogen-bond donors (Lipinski definition) is 1. The molecule has 0 bridgehead atoms. The molecule has 1 saturated heterocycles. The average molecular weight is 318 g/mol. The van der Waals surface area contributed by atoms with E-state index >= 15 is 0 Å². The lowest BCUT2D eigenvalue weighted by atomic mass is 10.1. The van der Waals surface area contributed by atoms with Gasteiger partial charge in [-0.15, -0.1) is 0 Å². The van der Waals surface area contributed by atoms with Gasteiger partial charge in [-0.3, -0.25) is 0 Å². The maximum atomic E-state index is 13.5. The van der Waals surface area contributed by atoms with E-state index in [1.165, 1.54) is 10.4 Å². The van der Waals surface area contributed by atoms with Crippen LogP contribution in [0.3, 0.4) is 0 Å². The maximum absolute atomic E-state index is 13.5. The van der Waals surface area contributed by atoms with Crippen LogP contribution in [0.4, 0.5) is 8.78 Å². The van der Waals surface area contributed by atoms with Crippen molar-refractivity contribution in [1.29, 1.82) is 0 Å². The summed E-state index contributed by atoms with van der Waals surface area (Å²) in [4.78, 5) is 0. The van der Waals surface area contributed by atoms with E-state index in [-0.39, 0.29) is 18.3 Å². The monoisotopic (exact) mass is 318 g/mol. The Kier molecular flexibility index (Phi) is 5.29. The van der Waals surface area contributed by atoms with Crippen LogP contribution in [0.1, 0.15) is 25.3 Å². The Morgan fingerprint density at radius 1 is 1.29 bits per heavy atom. The molecule has 0 radical (unpaired) electrons. The highest BCUT2D eigenvalue weighted by molar-refractivity contribution is 7.89. The van der Waals surface area contributed by atoms with Crippen LogP contribution in [-0.4, -0.2) is 37.6 Å². The van der Waals surface area contributed by atoms with Crippen molar-refractivity contribution in [3.05, 3.63) is 35.4 Å². The highest BCUT2D eigenvalue weighted by Crippen LogP contribution is 2.16. The molecule has 1 aliphatic rings. The Morgan fingerprint density at radius 3 is 2.57 bits per heavy atom. The van der Waals surface area contributed by atoms with E-state index < -0.39 is 21.7 Å². The third-order valence-corrected chi connectivity index (χ3v) is 5.71. The van der Waals surface area contributed by atoms with Crippen molar-refractivity contribution in [3.63, 3.8) is 0 Å². The van der Waals surface area contributed by atoms with Crippen LogP contribution >= 0.6 is 0 Å². The molecule has 0 unspecified atom stereocenters. The average Bonchev–Trinajstić information content (AvgIpc) is 2.49. The lowest BCUT2D eigenvalue weighted by Gasteiger charge is -2.31. The minimum Gasteiger partial charge on any atom is -0.310 e. The third kappa shape index (κ3) is 3.99. The van der Waals surface area contributed by atoms with Crippen molar-refractivity contribution in [2.75, 3.05) is 18.8 Å². The van der Waals surface area contributed by atoms with Crippen molar-refractivity contribution in [3.8, 4) is 0 Å². The summed E-state index contributed by atoms with van der Waals surface area (Å²) in [5, 5.41) is 3.17. The first-order chi connectivity index (χ1) is 9.94. The molecule has 0 aromatic heterocycles. The Morgan fingerprint density at radius 2 is 1.95 bits per heavy atom. The van der Waals surface area contributed by atoms with E-state index in [0.717, 1.165) is 6.07 Å². The summed E-state index contributed by atoms with van der Waals surface area (Å²) in [5.74, 6) is -1.56. The maximum Gasteiger partial charge on any atom is 0.213 e. The number of nitrogens with zero attached hydrogens (tertiary/aromatic N) is 1. The molecule has 0 amide bonds. The molecule has 0 saturated carbocycles. The van der Waals surface area contributed by atoms with Crippen LogP contribution in [0.15, 0.2) is 18.2 Å². The number of hydrogen-bond acceptors (Lipinski definition) is 3. The second kappa shape index (κ2) is 6.81. The minimum atomic E-state index is -3.13. The predicted octanol–water partition coefficient (Wildman–Crippen LogP) is 1.87. The highest BCUT2D eigenvalue weighted by Gasteiger charge is 2.26. The Balaban J connectivity index is 1.86. The van der Waals surface area contributed by atoms with Crippen LogP contribution in [-0.2, 0) is 16.6 Å². The van der Waals surface area contributed by atoms with E-state index in [2.05, 4.69) is 5.32 Å². The van der Waals surface area contributed by atoms with Gasteiger partial charge in [0.1, 0.15) is 0 Å². The molecule has 2 rings (SSSR count). The van der Waals surface area contributed by atoms with Gasteiger partial charge in [-0.2, -0.15) is 0 Å². The molecule has 0 atom stereocenters. The van der Waals surface area contributed by atoms with Gasteiger partial charge in [0.2, 0.25) is 10.0 Å². The van der Waals surface area contributed by atoms with Crippen LogP contribution in [0.25, 0.3) is 0 Å². The molecular formula is C14H20F2N2O2S. The van der Waals surface area contributed by atoms with Gasteiger partial charge in [-0.25, -0.2) is 21.5 Å². The molecule has 21 heavy (non-hydrogen) atoms. The van der Waals surface area contributed by atoms with Crippen LogP contribution in [0.5, 0.6) is 0 Å². The van der Waals surface area contributed by atoms with Crippen LogP contribution in [0.2, 0.25) is 0 Å². The Bertz CT molecular complexity index is 585. The third-order valence-electron chi connectivity index (χ3n) is 3.82. The number of nitrogens with one attached hydrogen (secondary N) is 1. The molecule has 0 aliphatic carbocycles. The van der Waals surface area contributed by atoms with Gasteiger partial charge in [0.25, 0.3) is 0 Å². The van der Waals surface area contributed by atoms with Gasteiger partial charge in [0.15, 0.2) is 11.6 Å². The fourth-order valence-corrected chi connectivity index (χ4v) is 3.59. The second-order valence-electron chi connectivity index (χ2n) is 5.17. The molecule has 118 valence electrons. The summed E-state index contributed by atoms with van der Waals surface area (Å²) in [6.45, 7) is 2.82. The fourth-order valence-electron chi connectivity index (χ4n) is 2.46. The molecule has 1 fully saturated rings. The van der Waals surface area contributed by atoms with Crippen molar-refractivity contribution in [2.24, 2.45) is 0 Å². The van der Waals surface area contributed by atoms with Crippen molar-refractivity contribution in [2.45, 2.75) is 32.4 Å². The lowest BCUT2D eigenvalue weighted by Crippen LogP contribution is -2.45.